The van der Waals surface area contributed by atoms with E-state index in [1.54, 1.807) is 0 Å². The quantitative estimate of drug-likeness (QED) is 0.824. The van der Waals surface area contributed by atoms with E-state index < -0.39 is 11.8 Å². The Labute approximate surface area is 136 Å². The monoisotopic (exact) mass is 335 g/mol. The fourth-order valence-corrected chi connectivity index (χ4v) is 2.78. The Kier molecular flexibility index (Phi) is 4.06. The van der Waals surface area contributed by atoms with Crippen LogP contribution in [0, 0.1) is 5.82 Å². The third kappa shape index (κ3) is 2.68. The van der Waals surface area contributed by atoms with Crippen LogP contribution in [-0.2, 0) is 0 Å². The number of carbonyl (C=O) groups excluding carboxylic acids is 1. The zero-order chi connectivity index (χ0) is 15.7. The molecule has 0 bridgehead atoms. The maximum absolute atomic E-state index is 13.3. The first-order chi connectivity index (χ1) is 10.6. The minimum Gasteiger partial charge on any atom is -0.272 e. The van der Waals surface area contributed by atoms with Gasteiger partial charge in [0.15, 0.2) is 0 Å². The van der Waals surface area contributed by atoms with Crippen LogP contribution in [0.2, 0.25) is 5.02 Å². The summed E-state index contributed by atoms with van der Waals surface area (Å²) in [7, 11) is 0. The first kappa shape index (κ1) is 14.9. The van der Waals surface area contributed by atoms with Crippen molar-refractivity contribution < 1.29 is 9.18 Å². The number of urea groups is 1. The van der Waals surface area contributed by atoms with Crippen molar-refractivity contribution >= 4 is 40.5 Å². The summed E-state index contributed by atoms with van der Waals surface area (Å²) in [5.41, 5.74) is 6.75. The molecular weight excluding hydrogens is 325 g/mol. The van der Waals surface area contributed by atoms with Crippen LogP contribution in [-0.4, -0.2) is 11.0 Å². The van der Waals surface area contributed by atoms with Crippen LogP contribution in [0.5, 0.6) is 0 Å². The van der Waals surface area contributed by atoms with Gasteiger partial charge < -0.3 is 0 Å². The van der Waals surface area contributed by atoms with Gasteiger partial charge in [0, 0.05) is 0 Å². The van der Waals surface area contributed by atoms with E-state index in [4.69, 9.17) is 23.8 Å². The van der Waals surface area contributed by atoms with E-state index in [1.807, 2.05) is 30.3 Å². The summed E-state index contributed by atoms with van der Waals surface area (Å²) >= 11 is 11.2. The maximum atomic E-state index is 13.3. The number of hydrogen-bond donors (Lipinski definition) is 2. The molecule has 4 nitrogen and oxygen atoms in total. The molecule has 1 aliphatic rings. The van der Waals surface area contributed by atoms with E-state index in [-0.39, 0.29) is 11.1 Å². The summed E-state index contributed by atoms with van der Waals surface area (Å²) < 4.78 is 13.3. The zero-order valence-corrected chi connectivity index (χ0v) is 12.8. The van der Waals surface area contributed by atoms with Crippen LogP contribution in [0.4, 0.5) is 14.9 Å². The molecule has 2 aromatic carbocycles. The van der Waals surface area contributed by atoms with Crippen molar-refractivity contribution in [3.63, 3.8) is 0 Å². The molecule has 1 unspecified atom stereocenters. The van der Waals surface area contributed by atoms with Gasteiger partial charge in [-0.05, 0) is 23.8 Å². The van der Waals surface area contributed by atoms with Crippen molar-refractivity contribution in [1.29, 1.82) is 0 Å². The lowest BCUT2D eigenvalue weighted by Crippen LogP contribution is -2.59. The summed E-state index contributed by atoms with van der Waals surface area (Å²) in [6, 6.07) is 12.7. The normalized spacial score (nSPS) is 18.3. The Morgan fingerprint density at radius 2 is 1.91 bits per heavy atom. The highest BCUT2D eigenvalue weighted by Crippen LogP contribution is 2.28. The number of thiocarbonyl (C=S) groups is 1. The van der Waals surface area contributed by atoms with Crippen molar-refractivity contribution in [2.24, 2.45) is 0 Å². The second kappa shape index (κ2) is 6.00. The first-order valence-electron chi connectivity index (χ1n) is 6.47. The highest BCUT2D eigenvalue weighted by atomic mass is 35.5. The van der Waals surface area contributed by atoms with Gasteiger partial charge in [-0.3, -0.25) is 10.3 Å². The molecular formula is C15H11ClFN3OS. The third-order valence-corrected chi connectivity index (χ3v) is 4.00. The number of hydrazine groups is 1. The molecule has 112 valence electrons. The Bertz CT molecular complexity index is 741. The van der Waals surface area contributed by atoms with Gasteiger partial charge in [-0.15, -0.1) is 0 Å². The van der Waals surface area contributed by atoms with Crippen molar-refractivity contribution in [3.05, 3.63) is 64.9 Å². The average Bonchev–Trinajstić information content (AvgIpc) is 2.52. The Balaban J connectivity index is 1.97. The minimum absolute atomic E-state index is 0.0668. The molecule has 1 heterocycles. The molecule has 22 heavy (non-hydrogen) atoms. The maximum Gasteiger partial charge on any atom is 0.341 e. The SMILES string of the molecule is O=C1NNC(c2ccccc2)C(=S)N1c1ccc(F)c(Cl)c1. The molecule has 1 aliphatic heterocycles. The highest BCUT2D eigenvalue weighted by Gasteiger charge is 2.33. The Morgan fingerprint density at radius 3 is 2.59 bits per heavy atom. The van der Waals surface area contributed by atoms with E-state index in [2.05, 4.69) is 10.9 Å². The Hall–Kier alpha value is -2.02. The van der Waals surface area contributed by atoms with Crippen LogP contribution in [0.3, 0.4) is 0 Å². The molecule has 2 N–H and O–H groups in total. The lowest BCUT2D eigenvalue weighted by atomic mass is 10.1. The van der Waals surface area contributed by atoms with E-state index in [1.165, 1.54) is 23.1 Å². The van der Waals surface area contributed by atoms with Gasteiger partial charge in [-0.1, -0.05) is 54.2 Å². The molecule has 1 atom stereocenters. The van der Waals surface area contributed by atoms with Gasteiger partial charge in [-0.25, -0.2) is 14.6 Å². The van der Waals surface area contributed by atoms with Gasteiger partial charge >= 0.3 is 6.03 Å². The second-order valence-electron chi connectivity index (χ2n) is 4.69. The molecule has 3 rings (SSSR count). The lowest BCUT2D eigenvalue weighted by molar-refractivity contribution is 0.241. The second-order valence-corrected chi connectivity index (χ2v) is 5.52. The number of nitrogens with zero attached hydrogens (tertiary/aromatic N) is 1. The average molecular weight is 336 g/mol. The van der Waals surface area contributed by atoms with Crippen molar-refractivity contribution in [2.75, 3.05) is 4.90 Å². The van der Waals surface area contributed by atoms with Crippen LogP contribution in [0.15, 0.2) is 48.5 Å². The number of carbonyl (C=O) groups is 1. The molecule has 0 aliphatic carbocycles. The summed E-state index contributed by atoms with van der Waals surface area (Å²) in [5, 5.41) is -0.0668. The van der Waals surface area contributed by atoms with Crippen molar-refractivity contribution in [1.82, 2.24) is 10.9 Å². The molecule has 0 spiro atoms. The number of halogens is 2. The van der Waals surface area contributed by atoms with Crippen molar-refractivity contribution in [2.45, 2.75) is 6.04 Å². The third-order valence-electron chi connectivity index (χ3n) is 3.29. The summed E-state index contributed by atoms with van der Waals surface area (Å²) in [4.78, 5) is 13.8. The summed E-state index contributed by atoms with van der Waals surface area (Å²) in [6.07, 6.45) is 0. The van der Waals surface area contributed by atoms with Crippen LogP contribution >= 0.6 is 23.8 Å². The first-order valence-corrected chi connectivity index (χ1v) is 7.26. The molecule has 1 saturated heterocycles. The lowest BCUT2D eigenvalue weighted by Gasteiger charge is -2.34. The summed E-state index contributed by atoms with van der Waals surface area (Å²) in [5.74, 6) is -0.550. The van der Waals surface area contributed by atoms with Crippen LogP contribution < -0.4 is 15.8 Å². The van der Waals surface area contributed by atoms with E-state index in [9.17, 15) is 9.18 Å². The minimum atomic E-state index is -0.550. The fraction of sp³-hybridized carbons (Fsp3) is 0.0667. The van der Waals surface area contributed by atoms with Crippen molar-refractivity contribution in [3.8, 4) is 0 Å². The fourth-order valence-electron chi connectivity index (χ4n) is 2.22. The molecule has 2 aromatic rings. The van der Waals surface area contributed by atoms with E-state index in [0.717, 1.165) is 5.56 Å². The van der Waals surface area contributed by atoms with Gasteiger partial charge in [0.2, 0.25) is 0 Å². The molecule has 7 heteroatoms. The number of hydrogen-bond acceptors (Lipinski definition) is 3. The highest BCUT2D eigenvalue weighted by molar-refractivity contribution is 7.80. The molecule has 0 saturated carbocycles. The number of anilines is 1. The molecule has 0 aromatic heterocycles. The smallest absolute Gasteiger partial charge is 0.272 e. The number of nitrogens with one attached hydrogen (secondary N) is 2. The predicted octanol–water partition coefficient (Wildman–Crippen LogP) is 3.58. The Morgan fingerprint density at radius 1 is 1.18 bits per heavy atom. The van der Waals surface area contributed by atoms with Gasteiger partial charge in [-0.2, -0.15) is 0 Å². The van der Waals surface area contributed by atoms with Gasteiger partial charge in [0.1, 0.15) is 16.8 Å². The van der Waals surface area contributed by atoms with Crippen LogP contribution in [0.25, 0.3) is 0 Å². The molecule has 0 radical (unpaired) electrons. The molecule has 2 amide bonds. The zero-order valence-electron chi connectivity index (χ0n) is 11.2. The van der Waals surface area contributed by atoms with E-state index >= 15 is 0 Å². The number of amides is 2. The predicted molar refractivity (Wildman–Crippen MR) is 87.3 cm³/mol. The molecule has 1 fully saturated rings. The largest absolute Gasteiger partial charge is 0.341 e. The topological polar surface area (TPSA) is 44.4 Å². The van der Waals surface area contributed by atoms with Gasteiger partial charge in [0.05, 0.1) is 10.7 Å². The summed E-state index contributed by atoms with van der Waals surface area (Å²) in [6.45, 7) is 0. The number of rotatable bonds is 2. The van der Waals surface area contributed by atoms with Gasteiger partial charge in [0.25, 0.3) is 0 Å². The number of benzene rings is 2. The van der Waals surface area contributed by atoms with Crippen LogP contribution in [0.1, 0.15) is 11.6 Å². The standard InChI is InChI=1S/C15H11ClFN3OS/c16-11-8-10(6-7-12(11)17)20-14(22)13(18-19-15(20)21)9-4-2-1-3-5-9/h1-8,13,18H,(H,19,21). The van der Waals surface area contributed by atoms with E-state index in [0.29, 0.717) is 10.7 Å².